The minimum atomic E-state index is 0.542. The fourth-order valence-corrected chi connectivity index (χ4v) is 1.04. The fourth-order valence-electron chi connectivity index (χ4n) is 0.625. The van der Waals surface area contributed by atoms with E-state index in [0.29, 0.717) is 10.7 Å². The van der Waals surface area contributed by atoms with Crippen molar-refractivity contribution in [2.24, 2.45) is 5.84 Å². The van der Waals surface area contributed by atoms with E-state index in [0.717, 1.165) is 4.53 Å². The van der Waals surface area contributed by atoms with Gasteiger partial charge in [-0.05, 0) is 12.1 Å². The number of nitrogens with zero attached hydrogens (tertiary/aromatic N) is 1. The molecule has 0 bridgehead atoms. The van der Waals surface area contributed by atoms with Crippen LogP contribution in [0.15, 0.2) is 24.3 Å². The van der Waals surface area contributed by atoms with Crippen molar-refractivity contribution in [3.05, 3.63) is 29.3 Å². The lowest BCUT2D eigenvalue weighted by atomic mass is 10.3. The minimum Gasteiger partial charge on any atom is -0.232 e. The monoisotopic (exact) mass is 176 g/mol. The Balaban J connectivity index is 3.03. The van der Waals surface area contributed by atoms with Crippen LogP contribution in [0.25, 0.3) is 0 Å². The Bertz CT molecular complexity index is 225. The molecule has 1 aromatic carbocycles. The molecule has 2 N–H and O–H groups in total. The maximum absolute atomic E-state index is 5.71. The lowest BCUT2D eigenvalue weighted by molar-refractivity contribution is 1.19. The summed E-state index contributed by atoms with van der Waals surface area (Å²) in [4.78, 5) is 0. The molecular formula is C6H6Cl2N2. The summed E-state index contributed by atoms with van der Waals surface area (Å²) >= 11 is 11.1. The molecule has 0 aliphatic carbocycles. The number of hydrogen-bond donors (Lipinski definition) is 1. The van der Waals surface area contributed by atoms with Crippen molar-refractivity contribution in [1.82, 2.24) is 0 Å². The van der Waals surface area contributed by atoms with E-state index in [1.807, 2.05) is 12.1 Å². The van der Waals surface area contributed by atoms with Gasteiger partial charge in [-0.2, -0.15) is 0 Å². The number of anilines is 1. The first-order valence-electron chi connectivity index (χ1n) is 2.67. The number of halogens is 2. The topological polar surface area (TPSA) is 29.3 Å². The maximum atomic E-state index is 5.71. The quantitative estimate of drug-likeness (QED) is 0.404. The van der Waals surface area contributed by atoms with E-state index >= 15 is 0 Å². The van der Waals surface area contributed by atoms with Crippen LogP contribution in [0.1, 0.15) is 0 Å². The second-order valence-electron chi connectivity index (χ2n) is 1.76. The van der Waals surface area contributed by atoms with E-state index in [-0.39, 0.29) is 0 Å². The van der Waals surface area contributed by atoms with E-state index < -0.39 is 0 Å². The van der Waals surface area contributed by atoms with Crippen LogP contribution in [0.4, 0.5) is 5.69 Å². The van der Waals surface area contributed by atoms with Crippen molar-refractivity contribution in [3.63, 3.8) is 0 Å². The summed E-state index contributed by atoms with van der Waals surface area (Å²) in [5.74, 6) is 5.23. The molecule has 0 unspecified atom stereocenters. The Hall–Kier alpha value is -0.440. The lowest BCUT2D eigenvalue weighted by Gasteiger charge is -2.08. The third-order valence-corrected chi connectivity index (χ3v) is 1.58. The minimum absolute atomic E-state index is 0.542. The summed E-state index contributed by atoms with van der Waals surface area (Å²) in [7, 11) is 0. The SMILES string of the molecule is NN(Cl)c1ccccc1Cl. The van der Waals surface area contributed by atoms with Gasteiger partial charge in [-0.1, -0.05) is 23.7 Å². The number of hydrogen-bond acceptors (Lipinski definition) is 2. The van der Waals surface area contributed by atoms with Crippen LogP contribution in [0.3, 0.4) is 0 Å². The van der Waals surface area contributed by atoms with E-state index in [4.69, 9.17) is 29.2 Å². The third kappa shape index (κ3) is 1.53. The smallest absolute Gasteiger partial charge is 0.0889 e. The van der Waals surface area contributed by atoms with Crippen LogP contribution in [0.5, 0.6) is 0 Å². The van der Waals surface area contributed by atoms with Crippen molar-refractivity contribution >= 4 is 29.1 Å². The van der Waals surface area contributed by atoms with Crippen molar-refractivity contribution in [2.75, 3.05) is 4.53 Å². The van der Waals surface area contributed by atoms with Crippen LogP contribution >= 0.6 is 23.4 Å². The van der Waals surface area contributed by atoms with Crippen LogP contribution in [0, 0.1) is 0 Å². The van der Waals surface area contributed by atoms with Crippen molar-refractivity contribution < 1.29 is 0 Å². The highest BCUT2D eigenvalue weighted by Crippen LogP contribution is 2.23. The van der Waals surface area contributed by atoms with Gasteiger partial charge >= 0.3 is 0 Å². The van der Waals surface area contributed by atoms with Gasteiger partial charge in [0.05, 0.1) is 10.7 Å². The van der Waals surface area contributed by atoms with Gasteiger partial charge in [0.2, 0.25) is 0 Å². The highest BCUT2D eigenvalue weighted by Gasteiger charge is 2.00. The molecule has 54 valence electrons. The molecule has 0 spiro atoms. The molecule has 1 rings (SSSR count). The zero-order valence-electron chi connectivity index (χ0n) is 5.09. The van der Waals surface area contributed by atoms with Gasteiger partial charge in [0.15, 0.2) is 0 Å². The largest absolute Gasteiger partial charge is 0.232 e. The Kier molecular flexibility index (Phi) is 2.38. The van der Waals surface area contributed by atoms with Gasteiger partial charge < -0.3 is 0 Å². The summed E-state index contributed by atoms with van der Waals surface area (Å²) in [6.07, 6.45) is 0. The highest BCUT2D eigenvalue weighted by atomic mass is 35.5. The molecule has 0 aromatic heterocycles. The third-order valence-electron chi connectivity index (χ3n) is 1.08. The fraction of sp³-hybridized carbons (Fsp3) is 0. The Labute approximate surface area is 69.2 Å². The van der Waals surface area contributed by atoms with E-state index in [1.165, 1.54) is 0 Å². The first kappa shape index (κ1) is 7.66. The molecule has 0 radical (unpaired) electrons. The molecule has 0 heterocycles. The molecule has 0 aliphatic heterocycles. The molecule has 0 aliphatic rings. The molecule has 4 heteroatoms. The van der Waals surface area contributed by atoms with Crippen LogP contribution in [-0.2, 0) is 0 Å². The molecule has 0 saturated heterocycles. The summed E-state index contributed by atoms with van der Waals surface area (Å²) in [5.41, 5.74) is 0.603. The Morgan fingerprint density at radius 2 is 1.90 bits per heavy atom. The summed E-state index contributed by atoms with van der Waals surface area (Å²) in [6.45, 7) is 0. The molecule has 2 nitrogen and oxygen atoms in total. The zero-order valence-corrected chi connectivity index (χ0v) is 6.60. The molecule has 1 aromatic rings. The molecule has 0 saturated carbocycles. The lowest BCUT2D eigenvalue weighted by Crippen LogP contribution is -2.18. The number of hydrazine groups is 1. The predicted molar refractivity (Wildman–Crippen MR) is 44.0 cm³/mol. The van der Waals surface area contributed by atoms with Crippen molar-refractivity contribution in [3.8, 4) is 0 Å². The predicted octanol–water partition coefficient (Wildman–Crippen LogP) is 2.17. The molecule has 0 fully saturated rings. The van der Waals surface area contributed by atoms with Crippen LogP contribution in [-0.4, -0.2) is 0 Å². The van der Waals surface area contributed by atoms with Gasteiger partial charge in [0.1, 0.15) is 0 Å². The average molecular weight is 177 g/mol. The first-order chi connectivity index (χ1) is 4.72. The maximum Gasteiger partial charge on any atom is 0.0889 e. The van der Waals surface area contributed by atoms with Crippen LogP contribution in [0.2, 0.25) is 5.02 Å². The summed E-state index contributed by atoms with van der Waals surface area (Å²) in [5, 5.41) is 0.542. The number of para-hydroxylation sites is 1. The van der Waals surface area contributed by atoms with E-state index in [2.05, 4.69) is 0 Å². The second-order valence-corrected chi connectivity index (χ2v) is 2.53. The second kappa shape index (κ2) is 3.10. The Morgan fingerprint density at radius 3 is 2.30 bits per heavy atom. The number of benzene rings is 1. The summed E-state index contributed by atoms with van der Waals surface area (Å²) in [6, 6.07) is 7.07. The van der Waals surface area contributed by atoms with Gasteiger partial charge in [-0.25, -0.2) is 10.4 Å². The summed E-state index contributed by atoms with van der Waals surface area (Å²) < 4.78 is 0.961. The number of rotatable bonds is 1. The van der Waals surface area contributed by atoms with Gasteiger partial charge in [-0.3, -0.25) is 0 Å². The van der Waals surface area contributed by atoms with Crippen molar-refractivity contribution in [1.29, 1.82) is 0 Å². The van der Waals surface area contributed by atoms with E-state index in [9.17, 15) is 0 Å². The van der Waals surface area contributed by atoms with Gasteiger partial charge in [0, 0.05) is 11.8 Å². The molecular weight excluding hydrogens is 171 g/mol. The van der Waals surface area contributed by atoms with Crippen molar-refractivity contribution in [2.45, 2.75) is 0 Å². The first-order valence-corrected chi connectivity index (χ1v) is 3.38. The molecule has 0 atom stereocenters. The zero-order chi connectivity index (χ0) is 7.56. The average Bonchev–Trinajstić information content (AvgIpc) is 1.88. The normalized spacial score (nSPS) is 9.50. The number of nitrogens with two attached hydrogens (primary N) is 1. The van der Waals surface area contributed by atoms with Gasteiger partial charge in [-0.15, -0.1) is 0 Å². The molecule has 0 amide bonds. The molecule has 10 heavy (non-hydrogen) atoms. The van der Waals surface area contributed by atoms with Crippen LogP contribution < -0.4 is 10.4 Å². The Morgan fingerprint density at radius 1 is 1.30 bits per heavy atom. The standard InChI is InChI=1S/C6H6Cl2N2/c7-5-3-1-2-4-6(5)10(8)9/h1-4H,9H2. The van der Waals surface area contributed by atoms with Gasteiger partial charge in [0.25, 0.3) is 0 Å². The van der Waals surface area contributed by atoms with E-state index in [1.54, 1.807) is 12.1 Å². The highest BCUT2D eigenvalue weighted by molar-refractivity contribution is 6.35.